The summed E-state index contributed by atoms with van der Waals surface area (Å²) in [5.41, 5.74) is 0.466. The van der Waals surface area contributed by atoms with Crippen LogP contribution in [0.5, 0.6) is 0 Å². The van der Waals surface area contributed by atoms with Crippen molar-refractivity contribution in [1.29, 1.82) is 0 Å². The van der Waals surface area contributed by atoms with E-state index in [1.807, 2.05) is 23.1 Å². The standard InChI is InChI=1S/C23H23F3N6O2/c24-23(25,26)19-8-4-7-18(13-19)14-27-21-20(32(33)34)22(29-16-28-21)31-11-9-30(10-12-31)15-17-5-2-1-3-6-17/h1-8,13,16H,9-12,14-15H2,(H,27,28,29). The van der Waals surface area contributed by atoms with Crippen LogP contribution in [-0.2, 0) is 19.3 Å². The van der Waals surface area contributed by atoms with Gasteiger partial charge in [-0.15, -0.1) is 0 Å². The van der Waals surface area contributed by atoms with Gasteiger partial charge in [-0.2, -0.15) is 13.2 Å². The topological polar surface area (TPSA) is 87.4 Å². The number of piperazine rings is 1. The van der Waals surface area contributed by atoms with Crippen molar-refractivity contribution in [2.24, 2.45) is 0 Å². The van der Waals surface area contributed by atoms with Crippen LogP contribution in [0, 0.1) is 10.1 Å². The Morgan fingerprint density at radius 1 is 0.971 bits per heavy atom. The number of alkyl halides is 3. The van der Waals surface area contributed by atoms with Crippen molar-refractivity contribution in [2.75, 3.05) is 36.4 Å². The Balaban J connectivity index is 1.46. The van der Waals surface area contributed by atoms with Gasteiger partial charge < -0.3 is 10.2 Å². The number of nitro groups is 1. The van der Waals surface area contributed by atoms with Gasteiger partial charge in [0.05, 0.1) is 10.5 Å². The molecule has 1 N–H and O–H groups in total. The summed E-state index contributed by atoms with van der Waals surface area (Å²) in [6, 6.07) is 14.9. The molecule has 1 aliphatic heterocycles. The van der Waals surface area contributed by atoms with Crippen molar-refractivity contribution in [3.63, 3.8) is 0 Å². The predicted molar refractivity (Wildman–Crippen MR) is 121 cm³/mol. The summed E-state index contributed by atoms with van der Waals surface area (Å²) in [6.45, 7) is 3.28. The van der Waals surface area contributed by atoms with E-state index < -0.39 is 16.7 Å². The summed E-state index contributed by atoms with van der Waals surface area (Å²) in [7, 11) is 0. The number of nitrogens with one attached hydrogen (secondary N) is 1. The number of halogens is 3. The molecule has 3 aromatic rings. The van der Waals surface area contributed by atoms with Gasteiger partial charge in [0.25, 0.3) is 0 Å². The minimum atomic E-state index is -4.47. The van der Waals surface area contributed by atoms with Crippen LogP contribution in [0.2, 0.25) is 0 Å². The van der Waals surface area contributed by atoms with Gasteiger partial charge >= 0.3 is 11.9 Å². The minimum absolute atomic E-state index is 0.0286. The van der Waals surface area contributed by atoms with Crippen LogP contribution in [-0.4, -0.2) is 46.0 Å². The Morgan fingerprint density at radius 2 is 1.68 bits per heavy atom. The van der Waals surface area contributed by atoms with Gasteiger partial charge in [-0.25, -0.2) is 9.97 Å². The molecule has 2 heterocycles. The number of hydrogen-bond donors (Lipinski definition) is 1. The third-order valence-electron chi connectivity index (χ3n) is 5.62. The minimum Gasteiger partial charge on any atom is -0.360 e. The first-order valence-electron chi connectivity index (χ1n) is 10.7. The number of rotatable bonds is 7. The van der Waals surface area contributed by atoms with Gasteiger partial charge in [-0.1, -0.05) is 42.5 Å². The molecule has 11 heteroatoms. The number of benzene rings is 2. The first-order chi connectivity index (χ1) is 16.3. The van der Waals surface area contributed by atoms with Crippen LogP contribution < -0.4 is 10.2 Å². The Hall–Kier alpha value is -3.73. The molecule has 2 aromatic carbocycles. The van der Waals surface area contributed by atoms with Crippen LogP contribution in [0.15, 0.2) is 60.9 Å². The molecule has 0 aliphatic carbocycles. The highest BCUT2D eigenvalue weighted by Crippen LogP contribution is 2.33. The maximum absolute atomic E-state index is 13.0. The van der Waals surface area contributed by atoms with E-state index in [4.69, 9.17) is 0 Å². The van der Waals surface area contributed by atoms with E-state index in [2.05, 4.69) is 32.3 Å². The first-order valence-corrected chi connectivity index (χ1v) is 10.7. The number of nitrogens with zero attached hydrogens (tertiary/aromatic N) is 5. The fraction of sp³-hybridized carbons (Fsp3) is 0.304. The summed E-state index contributed by atoms with van der Waals surface area (Å²) in [6.07, 6.45) is -3.24. The van der Waals surface area contributed by atoms with Gasteiger partial charge in [-0.05, 0) is 23.3 Å². The molecule has 0 atom stereocenters. The first kappa shape index (κ1) is 23.4. The normalized spacial score (nSPS) is 14.7. The lowest BCUT2D eigenvalue weighted by Crippen LogP contribution is -2.46. The van der Waals surface area contributed by atoms with E-state index >= 15 is 0 Å². The molecule has 178 valence electrons. The molecule has 0 unspecified atom stereocenters. The van der Waals surface area contributed by atoms with Crippen molar-refractivity contribution in [1.82, 2.24) is 14.9 Å². The Kier molecular flexibility index (Phi) is 6.92. The average Bonchev–Trinajstić information content (AvgIpc) is 2.83. The largest absolute Gasteiger partial charge is 0.416 e. The summed E-state index contributed by atoms with van der Waals surface area (Å²) in [5.74, 6) is 0.171. The van der Waals surface area contributed by atoms with Crippen molar-refractivity contribution in [3.8, 4) is 0 Å². The number of hydrogen-bond acceptors (Lipinski definition) is 7. The van der Waals surface area contributed by atoms with E-state index in [9.17, 15) is 23.3 Å². The van der Waals surface area contributed by atoms with Crippen LogP contribution in [0.25, 0.3) is 0 Å². The highest BCUT2D eigenvalue weighted by Gasteiger charge is 2.31. The molecule has 0 saturated carbocycles. The third-order valence-corrected chi connectivity index (χ3v) is 5.62. The Bertz CT molecular complexity index is 1140. The number of aromatic nitrogens is 2. The molecule has 0 bridgehead atoms. The van der Waals surface area contributed by atoms with Gasteiger partial charge in [-0.3, -0.25) is 15.0 Å². The van der Waals surface area contributed by atoms with Crippen molar-refractivity contribution in [3.05, 3.63) is 87.7 Å². The molecule has 34 heavy (non-hydrogen) atoms. The van der Waals surface area contributed by atoms with E-state index in [1.54, 1.807) is 0 Å². The highest BCUT2D eigenvalue weighted by atomic mass is 19.4. The zero-order chi connectivity index (χ0) is 24.1. The average molecular weight is 472 g/mol. The lowest BCUT2D eigenvalue weighted by molar-refractivity contribution is -0.383. The fourth-order valence-electron chi connectivity index (χ4n) is 3.90. The Labute approximate surface area is 194 Å². The molecule has 1 aliphatic rings. The molecule has 8 nitrogen and oxygen atoms in total. The van der Waals surface area contributed by atoms with Gasteiger partial charge in [0.1, 0.15) is 6.33 Å². The second-order valence-electron chi connectivity index (χ2n) is 7.95. The van der Waals surface area contributed by atoms with Gasteiger partial charge in [0, 0.05) is 39.3 Å². The molecular formula is C23H23F3N6O2. The third kappa shape index (κ3) is 5.60. The molecule has 0 amide bonds. The molecule has 0 radical (unpaired) electrons. The van der Waals surface area contributed by atoms with Crippen LogP contribution >= 0.6 is 0 Å². The summed E-state index contributed by atoms with van der Waals surface area (Å²) >= 11 is 0. The van der Waals surface area contributed by atoms with Crippen LogP contribution in [0.4, 0.5) is 30.5 Å². The smallest absolute Gasteiger partial charge is 0.360 e. The predicted octanol–water partition coefficient (Wildman–Crippen LogP) is 4.34. The summed E-state index contributed by atoms with van der Waals surface area (Å²) in [4.78, 5) is 23.6. The molecule has 1 saturated heterocycles. The number of anilines is 2. The van der Waals surface area contributed by atoms with Crippen molar-refractivity contribution < 1.29 is 18.1 Å². The van der Waals surface area contributed by atoms with Crippen molar-refractivity contribution in [2.45, 2.75) is 19.3 Å². The lowest BCUT2D eigenvalue weighted by Gasteiger charge is -2.35. The molecular weight excluding hydrogens is 449 g/mol. The van der Waals surface area contributed by atoms with Crippen LogP contribution in [0.1, 0.15) is 16.7 Å². The van der Waals surface area contributed by atoms with Crippen LogP contribution in [0.3, 0.4) is 0 Å². The lowest BCUT2D eigenvalue weighted by atomic mass is 10.1. The molecule has 0 spiro atoms. The fourth-order valence-corrected chi connectivity index (χ4v) is 3.90. The maximum atomic E-state index is 13.0. The summed E-state index contributed by atoms with van der Waals surface area (Å²) < 4.78 is 38.9. The zero-order valence-corrected chi connectivity index (χ0v) is 18.2. The van der Waals surface area contributed by atoms with E-state index in [0.717, 1.165) is 18.7 Å². The van der Waals surface area contributed by atoms with E-state index in [0.29, 0.717) is 31.7 Å². The summed E-state index contributed by atoms with van der Waals surface area (Å²) in [5, 5.41) is 14.7. The highest BCUT2D eigenvalue weighted by molar-refractivity contribution is 5.70. The SMILES string of the molecule is O=[N+]([O-])c1c(NCc2cccc(C(F)(F)F)c2)ncnc1N1CCN(Cc2ccccc2)CC1. The monoisotopic (exact) mass is 472 g/mol. The van der Waals surface area contributed by atoms with E-state index in [1.165, 1.54) is 24.0 Å². The molecule has 1 aromatic heterocycles. The second-order valence-corrected chi connectivity index (χ2v) is 7.95. The maximum Gasteiger partial charge on any atom is 0.416 e. The van der Waals surface area contributed by atoms with Gasteiger partial charge in [0.15, 0.2) is 0 Å². The zero-order valence-electron chi connectivity index (χ0n) is 18.2. The quantitative estimate of drug-likeness (QED) is 0.404. The van der Waals surface area contributed by atoms with Gasteiger partial charge in [0.2, 0.25) is 11.6 Å². The molecule has 1 fully saturated rings. The Morgan fingerprint density at radius 3 is 2.35 bits per heavy atom. The van der Waals surface area contributed by atoms with E-state index in [-0.39, 0.29) is 23.9 Å². The van der Waals surface area contributed by atoms with Crippen molar-refractivity contribution >= 4 is 17.3 Å². The molecule has 4 rings (SSSR count). The second kappa shape index (κ2) is 10.0.